The zero-order valence-corrected chi connectivity index (χ0v) is 12.1. The molecule has 0 heterocycles. The van der Waals surface area contributed by atoms with Crippen molar-refractivity contribution in [3.8, 4) is 0 Å². The quantitative estimate of drug-likeness (QED) is 0.811. The highest BCUT2D eigenvalue weighted by molar-refractivity contribution is 5.89. The van der Waals surface area contributed by atoms with Crippen LogP contribution < -0.4 is 5.32 Å². The number of nitrogens with one attached hydrogen (secondary N) is 1. The monoisotopic (exact) mass is 279 g/mol. The van der Waals surface area contributed by atoms with E-state index in [1.54, 1.807) is 6.07 Å². The Bertz CT molecular complexity index is 499. The average Bonchev–Trinajstić information content (AvgIpc) is 2.53. The summed E-state index contributed by atoms with van der Waals surface area (Å²) in [5.74, 6) is -1.92. The summed E-state index contributed by atoms with van der Waals surface area (Å²) in [5, 5.41) is 12.3. The second kappa shape index (κ2) is 5.81. The zero-order chi connectivity index (χ0) is 14.8. The molecule has 0 radical (unpaired) electrons. The van der Waals surface area contributed by atoms with Crippen LogP contribution in [-0.4, -0.2) is 17.1 Å². The van der Waals surface area contributed by atoms with Gasteiger partial charge in [-0.15, -0.1) is 0 Å². The number of hydrogen-bond donors (Lipinski definition) is 2. The van der Waals surface area contributed by atoms with Crippen molar-refractivity contribution >= 4 is 11.7 Å². The number of carboxylic acids is 1. The van der Waals surface area contributed by atoms with Crippen LogP contribution in [0, 0.1) is 11.2 Å². The number of rotatable bonds is 3. The minimum atomic E-state index is -1.23. The van der Waals surface area contributed by atoms with Crippen LogP contribution in [0.4, 0.5) is 10.1 Å². The van der Waals surface area contributed by atoms with Crippen molar-refractivity contribution in [2.45, 2.75) is 52.0 Å². The van der Waals surface area contributed by atoms with Gasteiger partial charge in [0, 0.05) is 11.7 Å². The van der Waals surface area contributed by atoms with Crippen LogP contribution in [0.5, 0.6) is 0 Å². The fourth-order valence-corrected chi connectivity index (χ4v) is 2.82. The van der Waals surface area contributed by atoms with Gasteiger partial charge in [-0.2, -0.15) is 0 Å². The molecule has 1 aromatic rings. The topological polar surface area (TPSA) is 49.3 Å². The highest BCUT2D eigenvalue weighted by Crippen LogP contribution is 2.34. The lowest BCUT2D eigenvalue weighted by atomic mass is 9.85. The number of hydrogen-bond acceptors (Lipinski definition) is 2. The van der Waals surface area contributed by atoms with E-state index < -0.39 is 11.8 Å². The molecule has 110 valence electrons. The second-order valence-corrected chi connectivity index (χ2v) is 6.44. The summed E-state index contributed by atoms with van der Waals surface area (Å²) in [6, 6.07) is 4.54. The molecule has 4 heteroatoms. The molecule has 0 aliphatic heterocycles. The molecule has 0 amide bonds. The fraction of sp³-hybridized carbons (Fsp3) is 0.562. The Labute approximate surface area is 119 Å². The Morgan fingerprint density at radius 1 is 1.35 bits per heavy atom. The third kappa shape index (κ3) is 3.71. The molecular weight excluding hydrogens is 257 g/mol. The van der Waals surface area contributed by atoms with Crippen molar-refractivity contribution in [2.24, 2.45) is 5.41 Å². The number of aromatic carboxylic acids is 1. The smallest absolute Gasteiger partial charge is 0.338 e. The summed E-state index contributed by atoms with van der Waals surface area (Å²) < 4.78 is 13.4. The molecule has 0 spiro atoms. The van der Waals surface area contributed by atoms with Crippen molar-refractivity contribution in [1.29, 1.82) is 0 Å². The number of carboxylic acid groups (broad SMARTS) is 1. The molecule has 0 bridgehead atoms. The third-order valence-corrected chi connectivity index (χ3v) is 4.14. The summed E-state index contributed by atoms with van der Waals surface area (Å²) in [6.45, 7) is 4.58. The van der Waals surface area contributed by atoms with E-state index in [1.807, 2.05) is 0 Å². The standard InChI is InChI=1S/C16H22FNO2/c1-16(2)8-3-4-11(7-9-16)18-12-5-6-14(17)13(10-12)15(19)20/h5-6,10-11,18H,3-4,7-9H2,1-2H3,(H,19,20). The maximum atomic E-state index is 13.4. The van der Waals surface area contributed by atoms with Gasteiger partial charge in [0.25, 0.3) is 0 Å². The highest BCUT2D eigenvalue weighted by atomic mass is 19.1. The SMILES string of the molecule is CC1(C)CCCC(Nc2ccc(F)c(C(=O)O)c2)CC1. The van der Waals surface area contributed by atoms with E-state index in [0.717, 1.165) is 25.7 Å². The van der Waals surface area contributed by atoms with Crippen LogP contribution >= 0.6 is 0 Å². The van der Waals surface area contributed by atoms with Gasteiger partial charge >= 0.3 is 5.97 Å². The first-order chi connectivity index (χ1) is 9.37. The molecule has 1 aromatic carbocycles. The Morgan fingerprint density at radius 3 is 2.80 bits per heavy atom. The van der Waals surface area contributed by atoms with Crippen LogP contribution in [-0.2, 0) is 0 Å². The molecule has 2 N–H and O–H groups in total. The minimum Gasteiger partial charge on any atom is -0.478 e. The van der Waals surface area contributed by atoms with E-state index in [-0.39, 0.29) is 5.56 Å². The molecule has 0 aromatic heterocycles. The van der Waals surface area contributed by atoms with Crippen molar-refractivity contribution in [3.05, 3.63) is 29.6 Å². The molecule has 1 aliphatic carbocycles. The van der Waals surface area contributed by atoms with Gasteiger partial charge < -0.3 is 10.4 Å². The van der Waals surface area contributed by atoms with E-state index >= 15 is 0 Å². The van der Waals surface area contributed by atoms with Crippen molar-refractivity contribution < 1.29 is 14.3 Å². The maximum absolute atomic E-state index is 13.4. The van der Waals surface area contributed by atoms with Crippen LogP contribution in [0.15, 0.2) is 18.2 Å². The van der Waals surface area contributed by atoms with E-state index in [9.17, 15) is 9.18 Å². The van der Waals surface area contributed by atoms with Gasteiger partial charge in [-0.3, -0.25) is 0 Å². The Kier molecular flexibility index (Phi) is 4.31. The van der Waals surface area contributed by atoms with Gasteiger partial charge in [-0.1, -0.05) is 20.3 Å². The van der Waals surface area contributed by atoms with E-state index in [1.165, 1.54) is 18.6 Å². The number of anilines is 1. The number of benzene rings is 1. The Balaban J connectivity index is 2.06. The van der Waals surface area contributed by atoms with Gasteiger partial charge in [-0.25, -0.2) is 9.18 Å². The zero-order valence-electron chi connectivity index (χ0n) is 12.1. The van der Waals surface area contributed by atoms with Crippen molar-refractivity contribution in [2.75, 3.05) is 5.32 Å². The van der Waals surface area contributed by atoms with Crippen LogP contribution in [0.25, 0.3) is 0 Å². The summed E-state index contributed by atoms with van der Waals surface area (Å²) in [6.07, 6.45) is 5.67. The van der Waals surface area contributed by atoms with Gasteiger partial charge in [0.1, 0.15) is 5.82 Å². The lowest BCUT2D eigenvalue weighted by Crippen LogP contribution is -2.19. The number of halogens is 1. The normalized spacial score (nSPS) is 22.1. The lowest BCUT2D eigenvalue weighted by Gasteiger charge is -2.22. The van der Waals surface area contributed by atoms with Crippen molar-refractivity contribution in [3.63, 3.8) is 0 Å². The predicted molar refractivity (Wildman–Crippen MR) is 77.6 cm³/mol. The summed E-state index contributed by atoms with van der Waals surface area (Å²) in [5.41, 5.74) is 0.795. The first kappa shape index (κ1) is 14.8. The molecular formula is C16H22FNO2. The Hall–Kier alpha value is -1.58. The molecule has 1 fully saturated rings. The molecule has 0 saturated heterocycles. The highest BCUT2D eigenvalue weighted by Gasteiger charge is 2.24. The molecule has 2 rings (SSSR count). The van der Waals surface area contributed by atoms with Crippen molar-refractivity contribution in [1.82, 2.24) is 0 Å². The van der Waals surface area contributed by atoms with Gasteiger partial charge in [0.2, 0.25) is 0 Å². The first-order valence-electron chi connectivity index (χ1n) is 7.17. The third-order valence-electron chi connectivity index (χ3n) is 4.14. The van der Waals surface area contributed by atoms with Gasteiger partial charge in [-0.05, 0) is 49.3 Å². The van der Waals surface area contributed by atoms with Crippen LogP contribution in [0.2, 0.25) is 0 Å². The lowest BCUT2D eigenvalue weighted by molar-refractivity contribution is 0.0692. The fourth-order valence-electron chi connectivity index (χ4n) is 2.82. The van der Waals surface area contributed by atoms with E-state index in [4.69, 9.17) is 5.11 Å². The molecule has 1 unspecified atom stereocenters. The summed E-state index contributed by atoms with van der Waals surface area (Å²) in [4.78, 5) is 10.9. The minimum absolute atomic E-state index is 0.274. The van der Waals surface area contributed by atoms with Gasteiger partial charge in [0.15, 0.2) is 0 Å². The second-order valence-electron chi connectivity index (χ2n) is 6.44. The maximum Gasteiger partial charge on any atom is 0.338 e. The summed E-state index contributed by atoms with van der Waals surface area (Å²) >= 11 is 0. The molecule has 1 aliphatic rings. The molecule has 3 nitrogen and oxygen atoms in total. The van der Waals surface area contributed by atoms with Gasteiger partial charge in [0.05, 0.1) is 5.56 Å². The predicted octanol–water partition coefficient (Wildman–Crippen LogP) is 4.29. The number of carbonyl (C=O) groups is 1. The average molecular weight is 279 g/mol. The first-order valence-corrected chi connectivity index (χ1v) is 7.17. The van der Waals surface area contributed by atoms with E-state index in [2.05, 4.69) is 19.2 Å². The van der Waals surface area contributed by atoms with Crippen LogP contribution in [0.3, 0.4) is 0 Å². The molecule has 1 atom stereocenters. The summed E-state index contributed by atoms with van der Waals surface area (Å²) in [7, 11) is 0. The molecule has 1 saturated carbocycles. The van der Waals surface area contributed by atoms with E-state index in [0.29, 0.717) is 17.1 Å². The largest absolute Gasteiger partial charge is 0.478 e. The Morgan fingerprint density at radius 2 is 2.10 bits per heavy atom. The van der Waals surface area contributed by atoms with Crippen LogP contribution in [0.1, 0.15) is 56.3 Å². The molecule has 20 heavy (non-hydrogen) atoms.